The van der Waals surface area contributed by atoms with Crippen LogP contribution >= 0.6 is 0 Å². The summed E-state index contributed by atoms with van der Waals surface area (Å²) in [6, 6.07) is 26.4. The lowest BCUT2D eigenvalue weighted by atomic mass is 10.0. The highest BCUT2D eigenvalue weighted by Gasteiger charge is 2.09. The Balaban J connectivity index is 1.51. The molecule has 0 saturated heterocycles. The largest absolute Gasteiger partial charge is 0.337 e. The molecule has 3 rings (SSSR count). The van der Waals surface area contributed by atoms with Gasteiger partial charge in [0.15, 0.2) is 0 Å². The van der Waals surface area contributed by atoms with Gasteiger partial charge in [-0.05, 0) is 23.8 Å². The zero-order chi connectivity index (χ0) is 18.9. The van der Waals surface area contributed by atoms with Crippen molar-refractivity contribution >= 4 is 23.3 Å². The summed E-state index contributed by atoms with van der Waals surface area (Å²) in [7, 11) is 0. The van der Waals surface area contributed by atoms with Crippen molar-refractivity contribution in [3.63, 3.8) is 0 Å². The molecule has 0 aliphatic heterocycles. The number of carbonyl (C=O) groups is 2. The Morgan fingerprint density at radius 1 is 0.704 bits per heavy atom. The zero-order valence-corrected chi connectivity index (χ0v) is 14.8. The Hall–Kier alpha value is -3.60. The molecule has 0 fully saturated rings. The van der Waals surface area contributed by atoms with Gasteiger partial charge in [-0.25, -0.2) is 4.79 Å². The van der Waals surface area contributed by atoms with Crippen LogP contribution in [-0.4, -0.2) is 18.5 Å². The van der Waals surface area contributed by atoms with Gasteiger partial charge in [0.25, 0.3) is 0 Å². The van der Waals surface area contributed by atoms with Gasteiger partial charge in [0.05, 0.1) is 0 Å². The summed E-state index contributed by atoms with van der Waals surface area (Å²) in [6.45, 7) is 0.248. The fourth-order valence-electron chi connectivity index (χ4n) is 2.66. The number of nitrogens with one attached hydrogen (secondary N) is 3. The molecule has 3 aromatic carbocycles. The summed E-state index contributed by atoms with van der Waals surface area (Å²) in [5.74, 6) is -0.154. The van der Waals surface area contributed by atoms with E-state index in [4.69, 9.17) is 0 Å². The quantitative estimate of drug-likeness (QED) is 0.606. The lowest BCUT2D eigenvalue weighted by molar-refractivity contribution is -0.116. The minimum absolute atomic E-state index is 0.154. The maximum Gasteiger partial charge on any atom is 0.319 e. The van der Waals surface area contributed by atoms with E-state index >= 15 is 0 Å². The molecule has 27 heavy (non-hydrogen) atoms. The molecule has 5 nitrogen and oxygen atoms in total. The molecular formula is C22H21N3O2. The van der Waals surface area contributed by atoms with Crippen LogP contribution in [0.1, 0.15) is 6.42 Å². The number of urea groups is 1. The van der Waals surface area contributed by atoms with E-state index in [1.165, 1.54) is 0 Å². The molecule has 0 aliphatic rings. The molecule has 0 radical (unpaired) electrons. The van der Waals surface area contributed by atoms with Gasteiger partial charge in [0.1, 0.15) is 0 Å². The van der Waals surface area contributed by atoms with E-state index in [9.17, 15) is 9.59 Å². The maximum absolute atomic E-state index is 12.3. The molecule has 0 bridgehead atoms. The number of benzene rings is 3. The van der Waals surface area contributed by atoms with Crippen molar-refractivity contribution < 1.29 is 9.59 Å². The molecule has 0 atom stereocenters. The van der Waals surface area contributed by atoms with Gasteiger partial charge in [0, 0.05) is 29.9 Å². The van der Waals surface area contributed by atoms with Crippen LogP contribution in [-0.2, 0) is 4.79 Å². The van der Waals surface area contributed by atoms with Crippen LogP contribution in [0.2, 0.25) is 0 Å². The summed E-state index contributed by atoms with van der Waals surface area (Å²) in [4.78, 5) is 24.1. The monoisotopic (exact) mass is 359 g/mol. The second-order valence-corrected chi connectivity index (χ2v) is 5.96. The summed E-state index contributed by atoms with van der Waals surface area (Å²) in [6.07, 6.45) is 0.186. The van der Waals surface area contributed by atoms with Gasteiger partial charge in [-0.3, -0.25) is 4.79 Å². The third-order valence-electron chi connectivity index (χ3n) is 3.96. The Bertz CT molecular complexity index is 896. The van der Waals surface area contributed by atoms with Gasteiger partial charge in [-0.15, -0.1) is 0 Å². The number of carbonyl (C=O) groups excluding carboxylic acids is 2. The first kappa shape index (κ1) is 18.2. The molecule has 0 saturated carbocycles. The van der Waals surface area contributed by atoms with Gasteiger partial charge in [-0.2, -0.15) is 0 Å². The summed E-state index contributed by atoms with van der Waals surface area (Å²) in [5.41, 5.74) is 3.45. The van der Waals surface area contributed by atoms with E-state index in [1.54, 1.807) is 12.1 Å². The van der Waals surface area contributed by atoms with Crippen LogP contribution in [0.25, 0.3) is 11.1 Å². The molecular weight excluding hydrogens is 338 g/mol. The number of rotatable bonds is 6. The van der Waals surface area contributed by atoms with Crippen LogP contribution in [0.5, 0.6) is 0 Å². The minimum Gasteiger partial charge on any atom is -0.337 e. The van der Waals surface area contributed by atoms with Gasteiger partial charge >= 0.3 is 6.03 Å². The molecule has 0 heterocycles. The Labute approximate surface area is 158 Å². The average molecular weight is 359 g/mol. The summed E-state index contributed by atoms with van der Waals surface area (Å²) >= 11 is 0. The Kier molecular flexibility index (Phi) is 6.20. The number of anilines is 2. The molecule has 3 N–H and O–H groups in total. The van der Waals surface area contributed by atoms with Crippen LogP contribution in [0.4, 0.5) is 16.2 Å². The van der Waals surface area contributed by atoms with Crippen molar-refractivity contribution in [3.05, 3.63) is 84.9 Å². The van der Waals surface area contributed by atoms with E-state index in [2.05, 4.69) is 16.0 Å². The molecule has 3 aromatic rings. The van der Waals surface area contributed by atoms with Crippen molar-refractivity contribution in [3.8, 4) is 11.1 Å². The van der Waals surface area contributed by atoms with Crippen molar-refractivity contribution in [1.82, 2.24) is 5.32 Å². The van der Waals surface area contributed by atoms with Crippen molar-refractivity contribution in [2.45, 2.75) is 6.42 Å². The number of amides is 3. The fourth-order valence-corrected chi connectivity index (χ4v) is 2.66. The lowest BCUT2D eigenvalue weighted by Gasteiger charge is -2.12. The van der Waals surface area contributed by atoms with Crippen LogP contribution in [0, 0.1) is 0 Å². The molecule has 0 unspecified atom stereocenters. The van der Waals surface area contributed by atoms with E-state index in [-0.39, 0.29) is 24.9 Å². The first-order valence-corrected chi connectivity index (χ1v) is 8.76. The Morgan fingerprint density at radius 3 is 2.07 bits per heavy atom. The molecule has 0 aliphatic carbocycles. The second-order valence-electron chi connectivity index (χ2n) is 5.96. The number of hydrogen-bond donors (Lipinski definition) is 3. The van der Waals surface area contributed by atoms with E-state index < -0.39 is 0 Å². The normalized spacial score (nSPS) is 10.1. The van der Waals surface area contributed by atoms with Crippen LogP contribution in [0.15, 0.2) is 84.9 Å². The first-order chi connectivity index (χ1) is 13.2. The third-order valence-corrected chi connectivity index (χ3v) is 3.96. The highest BCUT2D eigenvalue weighted by molar-refractivity contribution is 5.96. The van der Waals surface area contributed by atoms with Crippen LogP contribution < -0.4 is 16.0 Å². The maximum atomic E-state index is 12.3. The lowest BCUT2D eigenvalue weighted by Crippen LogP contribution is -2.31. The third kappa shape index (κ3) is 5.44. The number of hydrogen-bond acceptors (Lipinski definition) is 2. The van der Waals surface area contributed by atoms with Gasteiger partial charge in [0.2, 0.25) is 5.91 Å². The second kappa shape index (κ2) is 9.20. The predicted octanol–water partition coefficient (Wildman–Crippen LogP) is 4.50. The predicted molar refractivity (Wildman–Crippen MR) is 109 cm³/mol. The summed E-state index contributed by atoms with van der Waals surface area (Å²) < 4.78 is 0. The van der Waals surface area contributed by atoms with Crippen LogP contribution in [0.3, 0.4) is 0 Å². The molecule has 136 valence electrons. The first-order valence-electron chi connectivity index (χ1n) is 8.76. The molecule has 0 spiro atoms. The average Bonchev–Trinajstić information content (AvgIpc) is 2.70. The van der Waals surface area contributed by atoms with Gasteiger partial charge in [-0.1, -0.05) is 66.7 Å². The van der Waals surface area contributed by atoms with E-state index in [0.29, 0.717) is 5.69 Å². The molecule has 0 aromatic heterocycles. The van der Waals surface area contributed by atoms with Gasteiger partial charge < -0.3 is 16.0 Å². The summed E-state index contributed by atoms with van der Waals surface area (Å²) in [5, 5.41) is 8.32. The minimum atomic E-state index is -0.335. The smallest absolute Gasteiger partial charge is 0.319 e. The molecule has 3 amide bonds. The van der Waals surface area contributed by atoms with Crippen molar-refractivity contribution in [2.75, 3.05) is 17.2 Å². The zero-order valence-electron chi connectivity index (χ0n) is 14.8. The Morgan fingerprint density at radius 2 is 1.33 bits per heavy atom. The van der Waals surface area contributed by atoms with Crippen molar-refractivity contribution in [2.24, 2.45) is 0 Å². The molecule has 5 heteroatoms. The topological polar surface area (TPSA) is 70.2 Å². The number of para-hydroxylation sites is 2. The SMILES string of the molecule is O=C(CCNC(=O)Nc1ccccc1)Nc1ccccc1-c1ccccc1. The van der Waals surface area contributed by atoms with E-state index in [0.717, 1.165) is 16.8 Å². The van der Waals surface area contributed by atoms with E-state index in [1.807, 2.05) is 72.8 Å². The standard InChI is InChI=1S/C22H21N3O2/c26-21(15-16-23-22(27)24-18-11-5-2-6-12-18)25-20-14-8-7-13-19(20)17-9-3-1-4-10-17/h1-14H,15-16H2,(H,25,26)(H2,23,24,27). The van der Waals surface area contributed by atoms with Crippen molar-refractivity contribution in [1.29, 1.82) is 0 Å². The fraction of sp³-hybridized carbons (Fsp3) is 0.0909. The highest BCUT2D eigenvalue weighted by Crippen LogP contribution is 2.27. The highest BCUT2D eigenvalue weighted by atomic mass is 16.2.